The van der Waals surface area contributed by atoms with Crippen LogP contribution >= 0.6 is 11.8 Å². The fourth-order valence-corrected chi connectivity index (χ4v) is 3.27. The molecule has 2 fully saturated rings. The molecule has 1 unspecified atom stereocenters. The molecule has 0 aromatic carbocycles. The predicted octanol–water partition coefficient (Wildman–Crippen LogP) is -0.133. The molecule has 0 radical (unpaired) electrons. The van der Waals surface area contributed by atoms with E-state index in [2.05, 4.69) is 10.5 Å². The van der Waals surface area contributed by atoms with Gasteiger partial charge in [0.05, 0.1) is 11.8 Å². The molecule has 8 nitrogen and oxygen atoms in total. The van der Waals surface area contributed by atoms with Crippen molar-refractivity contribution in [3.63, 3.8) is 0 Å². The maximum absolute atomic E-state index is 11.8. The smallest absolute Gasteiger partial charge is 0.344 e. The second kappa shape index (κ2) is 5.06. The van der Waals surface area contributed by atoms with Gasteiger partial charge in [-0.1, -0.05) is 16.9 Å². The predicted molar refractivity (Wildman–Crippen MR) is 73.1 cm³/mol. The van der Waals surface area contributed by atoms with Crippen molar-refractivity contribution in [3.05, 3.63) is 12.3 Å². The van der Waals surface area contributed by atoms with Crippen LogP contribution in [-0.2, 0) is 19.2 Å². The number of rotatable bonds is 5. The van der Waals surface area contributed by atoms with Gasteiger partial charge in [0.1, 0.15) is 12.3 Å². The lowest BCUT2D eigenvalue weighted by Gasteiger charge is -2.45. The van der Waals surface area contributed by atoms with E-state index in [0.717, 1.165) is 30.8 Å². The van der Waals surface area contributed by atoms with Crippen LogP contribution in [0.3, 0.4) is 0 Å². The van der Waals surface area contributed by atoms with Crippen molar-refractivity contribution in [2.24, 2.45) is 5.16 Å². The molecule has 1 aliphatic carbocycles. The SMILES string of the molecule is O=C(/C=N\OC1CC1)NC1(C(=O)O)C=CN2C(=O)C[C@H]2S1. The number of nitrogens with zero attached hydrogens (tertiary/aromatic N) is 2. The van der Waals surface area contributed by atoms with Crippen LogP contribution in [-0.4, -0.2) is 50.4 Å². The number of oxime groups is 1. The van der Waals surface area contributed by atoms with Gasteiger partial charge < -0.3 is 20.2 Å². The highest BCUT2D eigenvalue weighted by Crippen LogP contribution is 2.42. The van der Waals surface area contributed by atoms with Crippen molar-refractivity contribution in [2.75, 3.05) is 0 Å². The minimum absolute atomic E-state index is 0.0616. The number of β-lactam (4-membered cyclic amide) rings is 1. The van der Waals surface area contributed by atoms with Gasteiger partial charge in [0.2, 0.25) is 10.8 Å². The largest absolute Gasteiger partial charge is 0.479 e. The van der Waals surface area contributed by atoms with Crippen LogP contribution in [0, 0.1) is 0 Å². The molecule has 0 aromatic rings. The Balaban J connectivity index is 1.66. The van der Waals surface area contributed by atoms with Gasteiger partial charge >= 0.3 is 5.97 Å². The van der Waals surface area contributed by atoms with Crippen LogP contribution in [0.1, 0.15) is 19.3 Å². The third kappa shape index (κ3) is 2.73. The number of carbonyl (C=O) groups is 3. The molecular formula is C12H13N3O5S. The molecule has 3 rings (SSSR count). The zero-order chi connectivity index (χ0) is 15.0. The second-order valence-corrected chi connectivity index (χ2v) is 6.39. The molecule has 9 heteroatoms. The monoisotopic (exact) mass is 311 g/mol. The summed E-state index contributed by atoms with van der Waals surface area (Å²) in [7, 11) is 0. The summed E-state index contributed by atoms with van der Waals surface area (Å²) in [5.74, 6) is -1.92. The Morgan fingerprint density at radius 1 is 1.57 bits per heavy atom. The number of aliphatic carboxylic acids is 1. The summed E-state index contributed by atoms with van der Waals surface area (Å²) in [6.45, 7) is 0. The maximum atomic E-state index is 11.8. The Morgan fingerprint density at radius 3 is 2.90 bits per heavy atom. The lowest BCUT2D eigenvalue weighted by atomic mass is 10.2. The topological polar surface area (TPSA) is 108 Å². The minimum atomic E-state index is -1.59. The Hall–Kier alpha value is -2.03. The highest BCUT2D eigenvalue weighted by molar-refractivity contribution is 8.02. The molecular weight excluding hydrogens is 298 g/mol. The molecule has 0 bridgehead atoms. The fourth-order valence-electron chi connectivity index (χ4n) is 1.92. The molecule has 1 saturated heterocycles. The van der Waals surface area contributed by atoms with Crippen LogP contribution in [0.2, 0.25) is 0 Å². The van der Waals surface area contributed by atoms with Gasteiger partial charge in [-0.05, 0) is 18.9 Å². The summed E-state index contributed by atoms with van der Waals surface area (Å²) in [5.41, 5.74) is 0. The number of hydrogen-bond donors (Lipinski definition) is 2. The van der Waals surface area contributed by atoms with Gasteiger partial charge in [-0.3, -0.25) is 9.59 Å². The summed E-state index contributed by atoms with van der Waals surface area (Å²) < 4.78 is 0. The number of nitrogens with one attached hydrogen (secondary N) is 1. The van der Waals surface area contributed by atoms with E-state index in [9.17, 15) is 19.5 Å². The lowest BCUT2D eigenvalue weighted by molar-refractivity contribution is -0.142. The highest BCUT2D eigenvalue weighted by Gasteiger charge is 2.50. The Bertz CT molecular complexity index is 559. The van der Waals surface area contributed by atoms with E-state index in [0.29, 0.717) is 0 Å². The molecule has 2 N–H and O–H groups in total. The van der Waals surface area contributed by atoms with E-state index in [1.807, 2.05) is 0 Å². The Kier molecular flexibility index (Phi) is 3.36. The standard InChI is InChI=1S/C12H13N3O5S/c16-8(6-13-20-7-1-2-7)14-12(11(18)19)3-4-15-9(17)5-10(15)21-12/h3-4,6-7,10H,1-2,5H2,(H,14,16)(H,18,19)/b13-6-/t10-,12?/m1/s1. The number of hydrogen-bond acceptors (Lipinski definition) is 6. The fraction of sp³-hybridized carbons (Fsp3) is 0.500. The lowest BCUT2D eigenvalue weighted by Crippen LogP contribution is -2.59. The highest BCUT2D eigenvalue weighted by atomic mass is 32.2. The van der Waals surface area contributed by atoms with Crippen LogP contribution in [0.5, 0.6) is 0 Å². The molecule has 1 saturated carbocycles. The van der Waals surface area contributed by atoms with Gasteiger partial charge in [-0.15, -0.1) is 0 Å². The van der Waals surface area contributed by atoms with E-state index in [1.165, 1.54) is 17.2 Å². The van der Waals surface area contributed by atoms with Gasteiger partial charge in [0.25, 0.3) is 5.91 Å². The van der Waals surface area contributed by atoms with Crippen LogP contribution < -0.4 is 5.32 Å². The van der Waals surface area contributed by atoms with Crippen molar-refractivity contribution in [1.29, 1.82) is 0 Å². The van der Waals surface area contributed by atoms with Gasteiger partial charge in [0.15, 0.2) is 0 Å². The number of carbonyl (C=O) groups excluding carboxylic acids is 2. The van der Waals surface area contributed by atoms with Crippen molar-refractivity contribution in [3.8, 4) is 0 Å². The molecule has 0 aromatic heterocycles. The van der Waals surface area contributed by atoms with Crippen LogP contribution in [0.4, 0.5) is 0 Å². The summed E-state index contributed by atoms with van der Waals surface area (Å²) in [4.78, 5) is 39.3. The van der Waals surface area contributed by atoms with E-state index in [4.69, 9.17) is 4.84 Å². The first kappa shape index (κ1) is 13.9. The first-order valence-electron chi connectivity index (χ1n) is 6.43. The number of thioether (sulfide) groups is 1. The van der Waals surface area contributed by atoms with Gasteiger partial charge in [-0.2, -0.15) is 0 Å². The quantitative estimate of drug-likeness (QED) is 0.416. The van der Waals surface area contributed by atoms with Crippen molar-refractivity contribution < 1.29 is 24.3 Å². The first-order valence-corrected chi connectivity index (χ1v) is 7.31. The zero-order valence-corrected chi connectivity index (χ0v) is 11.7. The molecule has 2 amide bonds. The molecule has 2 heterocycles. The van der Waals surface area contributed by atoms with Gasteiger partial charge in [0, 0.05) is 6.20 Å². The van der Waals surface area contributed by atoms with E-state index < -0.39 is 16.7 Å². The number of fused-ring (bicyclic) bond motifs is 1. The average Bonchev–Trinajstić information content (AvgIpc) is 3.21. The van der Waals surface area contributed by atoms with E-state index in [-0.39, 0.29) is 23.8 Å². The first-order chi connectivity index (χ1) is 10.00. The summed E-state index contributed by atoms with van der Waals surface area (Å²) in [6.07, 6.45) is 5.79. The molecule has 112 valence electrons. The third-order valence-electron chi connectivity index (χ3n) is 3.27. The average molecular weight is 311 g/mol. The molecule has 2 aliphatic heterocycles. The molecule has 0 spiro atoms. The third-order valence-corrected chi connectivity index (χ3v) is 4.72. The number of carboxylic acid groups (broad SMARTS) is 1. The molecule has 2 atom stereocenters. The van der Waals surface area contributed by atoms with E-state index in [1.54, 1.807) is 0 Å². The van der Waals surface area contributed by atoms with Crippen molar-refractivity contribution >= 4 is 35.8 Å². The van der Waals surface area contributed by atoms with E-state index >= 15 is 0 Å². The van der Waals surface area contributed by atoms with Crippen LogP contribution in [0.25, 0.3) is 0 Å². The Morgan fingerprint density at radius 2 is 2.33 bits per heavy atom. The van der Waals surface area contributed by atoms with Gasteiger partial charge in [-0.25, -0.2) is 4.79 Å². The Labute approximate surface area is 124 Å². The molecule has 3 aliphatic rings. The summed E-state index contributed by atoms with van der Waals surface area (Å²) in [5, 5.41) is 15.0. The normalized spacial score (nSPS) is 30.8. The number of carboxylic acids is 1. The second-order valence-electron chi connectivity index (χ2n) is 4.96. The molecule has 21 heavy (non-hydrogen) atoms. The minimum Gasteiger partial charge on any atom is -0.479 e. The summed E-state index contributed by atoms with van der Waals surface area (Å²) >= 11 is 1.01. The van der Waals surface area contributed by atoms with Crippen LogP contribution in [0.15, 0.2) is 17.4 Å². The number of amides is 2. The maximum Gasteiger partial charge on any atom is 0.344 e. The zero-order valence-electron chi connectivity index (χ0n) is 10.9. The summed E-state index contributed by atoms with van der Waals surface area (Å²) in [6, 6.07) is 0. The van der Waals surface area contributed by atoms with Crippen molar-refractivity contribution in [1.82, 2.24) is 10.2 Å². The van der Waals surface area contributed by atoms with Crippen molar-refractivity contribution in [2.45, 2.75) is 35.6 Å².